The molecule has 0 aliphatic carbocycles. The Morgan fingerprint density at radius 1 is 1.38 bits per heavy atom. The van der Waals surface area contributed by atoms with Crippen molar-refractivity contribution in [2.24, 2.45) is 0 Å². The van der Waals surface area contributed by atoms with Crippen molar-refractivity contribution in [3.63, 3.8) is 0 Å². The van der Waals surface area contributed by atoms with Crippen molar-refractivity contribution in [1.82, 2.24) is 0 Å². The lowest BCUT2D eigenvalue weighted by molar-refractivity contribution is -0.113. The molecule has 1 heterocycles. The Bertz CT molecular complexity index is 373. The molecule has 0 atom stereocenters. The summed E-state index contributed by atoms with van der Waals surface area (Å²) in [5, 5.41) is 2.88. The van der Waals surface area contributed by atoms with Crippen LogP contribution in [0.5, 0.6) is 0 Å². The maximum absolute atomic E-state index is 11.1. The van der Waals surface area contributed by atoms with Gasteiger partial charge >= 0.3 is 0 Å². The van der Waals surface area contributed by atoms with E-state index in [1.165, 1.54) is 16.0 Å². The van der Waals surface area contributed by atoms with Gasteiger partial charge in [-0.15, -0.1) is 11.8 Å². The molecule has 0 fully saturated rings. The lowest BCUT2D eigenvalue weighted by Gasteiger charge is -2.18. The number of nitrogens with one attached hydrogen (secondary N) is 1. The predicted octanol–water partition coefficient (Wildman–Crippen LogP) is 2.35. The van der Waals surface area contributed by atoms with Gasteiger partial charge in [-0.1, -0.05) is 6.07 Å². The third-order valence-electron chi connectivity index (χ3n) is 2.04. The average Bonchev–Trinajstić information content (AvgIpc) is 2.02. The highest BCUT2D eigenvalue weighted by molar-refractivity contribution is 8.00. The first kappa shape index (κ1) is 8.63. The number of anilines is 1. The van der Waals surface area contributed by atoms with E-state index in [0.29, 0.717) is 5.75 Å². The molecule has 1 aromatic rings. The van der Waals surface area contributed by atoms with Crippen LogP contribution in [0.15, 0.2) is 17.0 Å². The van der Waals surface area contributed by atoms with Crippen molar-refractivity contribution in [2.45, 2.75) is 18.7 Å². The van der Waals surface area contributed by atoms with E-state index < -0.39 is 0 Å². The fourth-order valence-electron chi connectivity index (χ4n) is 1.56. The summed E-state index contributed by atoms with van der Waals surface area (Å²) in [5.74, 6) is 0.638. The van der Waals surface area contributed by atoms with Crippen LogP contribution >= 0.6 is 11.8 Å². The smallest absolute Gasteiger partial charge is 0.234 e. The van der Waals surface area contributed by atoms with Crippen LogP contribution < -0.4 is 5.32 Å². The first-order chi connectivity index (χ1) is 6.16. The zero-order valence-corrected chi connectivity index (χ0v) is 8.49. The van der Waals surface area contributed by atoms with Crippen molar-refractivity contribution >= 4 is 23.4 Å². The number of hydrogen-bond donors (Lipinski definition) is 1. The Morgan fingerprint density at radius 3 is 2.92 bits per heavy atom. The van der Waals surface area contributed by atoms with E-state index in [1.54, 1.807) is 11.8 Å². The zero-order chi connectivity index (χ0) is 9.42. The third-order valence-corrected chi connectivity index (χ3v) is 3.28. The predicted molar refractivity (Wildman–Crippen MR) is 55.3 cm³/mol. The van der Waals surface area contributed by atoms with Gasteiger partial charge in [0.25, 0.3) is 0 Å². The molecule has 0 radical (unpaired) electrons. The molecule has 1 amide bonds. The van der Waals surface area contributed by atoms with Crippen LogP contribution in [0.4, 0.5) is 5.69 Å². The van der Waals surface area contributed by atoms with Crippen LogP contribution in [-0.4, -0.2) is 11.7 Å². The molecule has 68 valence electrons. The molecule has 0 saturated carbocycles. The summed E-state index contributed by atoms with van der Waals surface area (Å²) >= 11 is 1.62. The van der Waals surface area contributed by atoms with Gasteiger partial charge in [0.05, 0.1) is 11.4 Å². The highest BCUT2D eigenvalue weighted by Gasteiger charge is 2.16. The van der Waals surface area contributed by atoms with Crippen LogP contribution in [0, 0.1) is 13.8 Å². The van der Waals surface area contributed by atoms with Gasteiger partial charge in [-0.3, -0.25) is 4.79 Å². The van der Waals surface area contributed by atoms with E-state index in [0.717, 1.165) is 5.69 Å². The number of aryl methyl sites for hydroxylation is 2. The van der Waals surface area contributed by atoms with Gasteiger partial charge in [-0.05, 0) is 31.0 Å². The summed E-state index contributed by atoms with van der Waals surface area (Å²) in [4.78, 5) is 12.3. The SMILES string of the molecule is Cc1cc(C)c2c(c1)NC(=O)CS2. The van der Waals surface area contributed by atoms with E-state index in [-0.39, 0.29) is 5.91 Å². The third kappa shape index (κ3) is 1.56. The molecule has 1 N–H and O–H groups in total. The molecule has 1 aromatic carbocycles. The van der Waals surface area contributed by atoms with Gasteiger partial charge in [-0.2, -0.15) is 0 Å². The zero-order valence-electron chi connectivity index (χ0n) is 7.68. The maximum atomic E-state index is 11.1. The summed E-state index contributed by atoms with van der Waals surface area (Å²) in [6, 6.07) is 4.16. The van der Waals surface area contributed by atoms with Crippen molar-refractivity contribution in [3.8, 4) is 0 Å². The summed E-state index contributed by atoms with van der Waals surface area (Å²) in [6.07, 6.45) is 0. The van der Waals surface area contributed by atoms with Gasteiger partial charge in [0.1, 0.15) is 0 Å². The molecular weight excluding hydrogens is 182 g/mol. The van der Waals surface area contributed by atoms with E-state index in [1.807, 2.05) is 13.0 Å². The van der Waals surface area contributed by atoms with E-state index in [2.05, 4.69) is 18.3 Å². The second-order valence-corrected chi connectivity index (χ2v) is 4.28. The summed E-state index contributed by atoms with van der Waals surface area (Å²) in [7, 11) is 0. The first-order valence-corrected chi connectivity index (χ1v) is 5.19. The minimum absolute atomic E-state index is 0.0995. The van der Waals surface area contributed by atoms with Crippen molar-refractivity contribution in [2.75, 3.05) is 11.1 Å². The topological polar surface area (TPSA) is 29.1 Å². The normalized spacial score (nSPS) is 15.1. The molecule has 3 heteroatoms. The number of thioether (sulfide) groups is 1. The lowest BCUT2D eigenvalue weighted by Crippen LogP contribution is -2.19. The van der Waals surface area contributed by atoms with Crippen LogP contribution in [0.1, 0.15) is 11.1 Å². The number of amides is 1. The number of carbonyl (C=O) groups excluding carboxylic acids is 1. The molecule has 0 bridgehead atoms. The van der Waals surface area contributed by atoms with Crippen molar-refractivity contribution < 1.29 is 4.79 Å². The summed E-state index contributed by atoms with van der Waals surface area (Å²) in [5.41, 5.74) is 3.41. The first-order valence-electron chi connectivity index (χ1n) is 4.21. The Hall–Kier alpha value is -0.960. The van der Waals surface area contributed by atoms with E-state index in [4.69, 9.17) is 0 Å². The second kappa shape index (κ2) is 3.07. The lowest BCUT2D eigenvalue weighted by atomic mass is 10.1. The standard InChI is InChI=1S/C10H11NOS/c1-6-3-7(2)10-8(4-6)11-9(12)5-13-10/h3-4H,5H2,1-2H3,(H,11,12). The van der Waals surface area contributed by atoms with Crippen LogP contribution in [0.3, 0.4) is 0 Å². The minimum atomic E-state index is 0.0995. The molecule has 2 nitrogen and oxygen atoms in total. The van der Waals surface area contributed by atoms with Gasteiger partial charge in [0.2, 0.25) is 5.91 Å². The molecule has 1 aliphatic rings. The molecule has 0 unspecified atom stereocenters. The number of benzene rings is 1. The molecule has 0 spiro atoms. The molecular formula is C10H11NOS. The average molecular weight is 193 g/mol. The monoisotopic (exact) mass is 193 g/mol. The maximum Gasteiger partial charge on any atom is 0.234 e. The van der Waals surface area contributed by atoms with Gasteiger partial charge in [0, 0.05) is 4.90 Å². The Kier molecular flexibility index (Phi) is 2.04. The van der Waals surface area contributed by atoms with Crippen LogP contribution in [0.2, 0.25) is 0 Å². The van der Waals surface area contributed by atoms with Gasteiger partial charge < -0.3 is 5.32 Å². The highest BCUT2D eigenvalue weighted by atomic mass is 32.2. The van der Waals surface area contributed by atoms with Crippen molar-refractivity contribution in [1.29, 1.82) is 0 Å². The number of rotatable bonds is 0. The van der Waals surface area contributed by atoms with Gasteiger partial charge in [-0.25, -0.2) is 0 Å². The Morgan fingerprint density at radius 2 is 2.15 bits per heavy atom. The van der Waals surface area contributed by atoms with Crippen LogP contribution in [-0.2, 0) is 4.79 Å². The van der Waals surface area contributed by atoms with Gasteiger partial charge in [0.15, 0.2) is 0 Å². The second-order valence-electron chi connectivity index (χ2n) is 3.30. The quantitative estimate of drug-likeness (QED) is 0.685. The molecule has 0 saturated heterocycles. The van der Waals surface area contributed by atoms with Crippen molar-refractivity contribution in [3.05, 3.63) is 23.3 Å². The minimum Gasteiger partial charge on any atom is -0.324 e. The molecule has 0 aromatic heterocycles. The molecule has 1 aliphatic heterocycles. The number of hydrogen-bond acceptors (Lipinski definition) is 2. The molecule has 2 rings (SSSR count). The van der Waals surface area contributed by atoms with E-state index >= 15 is 0 Å². The largest absolute Gasteiger partial charge is 0.324 e. The summed E-state index contributed by atoms with van der Waals surface area (Å²) in [6.45, 7) is 4.12. The number of fused-ring (bicyclic) bond motifs is 1. The Labute approximate surface area is 81.7 Å². The number of carbonyl (C=O) groups is 1. The van der Waals surface area contributed by atoms with E-state index in [9.17, 15) is 4.79 Å². The fourth-order valence-corrected chi connectivity index (χ4v) is 2.46. The Balaban J connectivity index is 2.53. The highest BCUT2D eigenvalue weighted by Crippen LogP contribution is 2.34. The molecule has 13 heavy (non-hydrogen) atoms. The summed E-state index contributed by atoms with van der Waals surface area (Å²) < 4.78 is 0. The van der Waals surface area contributed by atoms with Crippen LogP contribution in [0.25, 0.3) is 0 Å². The fraction of sp³-hybridized carbons (Fsp3) is 0.300.